The van der Waals surface area contributed by atoms with Crippen molar-refractivity contribution in [3.05, 3.63) is 58.4 Å². The largest absolute Gasteiger partial charge is 0.402 e. The first-order chi connectivity index (χ1) is 11.5. The van der Waals surface area contributed by atoms with Crippen LogP contribution in [0.2, 0.25) is 10.0 Å². The summed E-state index contributed by atoms with van der Waals surface area (Å²) in [4.78, 5) is 2.53. The first-order valence-corrected chi connectivity index (χ1v) is 9.55. The third-order valence-electron chi connectivity index (χ3n) is 5.70. The maximum Gasteiger partial charge on any atom is 0.0453 e. The van der Waals surface area contributed by atoms with Crippen molar-refractivity contribution < 1.29 is 0 Å². The molecule has 130 valence electrons. The first-order valence-electron chi connectivity index (χ1n) is 8.79. The zero-order valence-corrected chi connectivity index (χ0v) is 15.6. The second-order valence-corrected chi connectivity index (χ2v) is 8.03. The van der Waals surface area contributed by atoms with Crippen LogP contribution in [0.25, 0.3) is 0 Å². The van der Waals surface area contributed by atoms with E-state index in [1.54, 1.807) is 0 Å². The van der Waals surface area contributed by atoms with Crippen molar-refractivity contribution in [1.82, 2.24) is 4.90 Å². The Balaban J connectivity index is 1.60. The number of rotatable bonds is 4. The third kappa shape index (κ3) is 3.75. The summed E-state index contributed by atoms with van der Waals surface area (Å²) in [6.45, 7) is 9.42. The fraction of sp³-hybridized carbons (Fsp3) is 0.500. The summed E-state index contributed by atoms with van der Waals surface area (Å²) >= 11 is 12.3. The van der Waals surface area contributed by atoms with Gasteiger partial charge in [0.25, 0.3) is 0 Å². The molecule has 24 heavy (non-hydrogen) atoms. The Kier molecular flexibility index (Phi) is 5.46. The van der Waals surface area contributed by atoms with Crippen LogP contribution in [-0.4, -0.2) is 17.5 Å². The Bertz CT molecular complexity index is 633. The van der Waals surface area contributed by atoms with Gasteiger partial charge in [0, 0.05) is 39.9 Å². The molecule has 2 N–H and O–H groups in total. The highest BCUT2D eigenvalue weighted by Gasteiger charge is 2.33. The number of halogens is 2. The van der Waals surface area contributed by atoms with Gasteiger partial charge in [0.15, 0.2) is 0 Å². The molecule has 0 radical (unpaired) electrons. The van der Waals surface area contributed by atoms with E-state index in [4.69, 9.17) is 28.9 Å². The SMILES string of the molecule is C=C(N)C1CCC(N2CCC(Cc3ccc(Cl)cc3Cl)C2=C)CC1. The molecule has 1 atom stereocenters. The van der Waals surface area contributed by atoms with E-state index in [-0.39, 0.29) is 0 Å². The molecule has 1 saturated carbocycles. The van der Waals surface area contributed by atoms with Crippen molar-refractivity contribution in [2.45, 2.75) is 44.6 Å². The van der Waals surface area contributed by atoms with Gasteiger partial charge in [-0.1, -0.05) is 42.4 Å². The van der Waals surface area contributed by atoms with Gasteiger partial charge in [0.1, 0.15) is 0 Å². The zero-order chi connectivity index (χ0) is 17.3. The molecule has 1 unspecified atom stereocenters. The monoisotopic (exact) mass is 364 g/mol. The highest BCUT2D eigenvalue weighted by molar-refractivity contribution is 6.35. The molecule has 1 aromatic carbocycles. The summed E-state index contributed by atoms with van der Waals surface area (Å²) in [5, 5.41) is 1.45. The van der Waals surface area contributed by atoms with Crippen molar-refractivity contribution in [3.63, 3.8) is 0 Å². The summed E-state index contributed by atoms with van der Waals surface area (Å²) in [5.74, 6) is 0.978. The lowest BCUT2D eigenvalue weighted by Crippen LogP contribution is -2.36. The molecule has 3 rings (SSSR count). The van der Waals surface area contributed by atoms with Gasteiger partial charge < -0.3 is 10.6 Å². The summed E-state index contributed by atoms with van der Waals surface area (Å²) in [7, 11) is 0. The molecule has 2 fully saturated rings. The van der Waals surface area contributed by atoms with E-state index in [1.165, 1.54) is 18.5 Å². The minimum absolute atomic E-state index is 0.478. The molecule has 2 aliphatic rings. The lowest BCUT2D eigenvalue weighted by atomic mass is 9.84. The number of benzene rings is 1. The summed E-state index contributed by atoms with van der Waals surface area (Å²) in [5.41, 5.74) is 9.17. The Morgan fingerprint density at radius 1 is 1.17 bits per heavy atom. The summed E-state index contributed by atoms with van der Waals surface area (Å²) < 4.78 is 0. The Morgan fingerprint density at radius 3 is 2.50 bits per heavy atom. The Hall–Kier alpha value is -1.12. The minimum Gasteiger partial charge on any atom is -0.402 e. The predicted octanol–water partition coefficient (Wildman–Crippen LogP) is 5.40. The topological polar surface area (TPSA) is 29.3 Å². The third-order valence-corrected chi connectivity index (χ3v) is 6.29. The number of hydrogen-bond acceptors (Lipinski definition) is 2. The van der Waals surface area contributed by atoms with E-state index in [2.05, 4.69) is 18.1 Å². The van der Waals surface area contributed by atoms with Crippen molar-refractivity contribution in [1.29, 1.82) is 0 Å². The van der Waals surface area contributed by atoms with Crippen molar-refractivity contribution in [2.24, 2.45) is 17.6 Å². The maximum atomic E-state index is 6.34. The van der Waals surface area contributed by atoms with E-state index in [0.29, 0.717) is 22.9 Å². The van der Waals surface area contributed by atoms with Gasteiger partial charge in [-0.3, -0.25) is 0 Å². The molecule has 1 aliphatic heterocycles. The fourth-order valence-electron chi connectivity index (χ4n) is 4.19. The van der Waals surface area contributed by atoms with Crippen LogP contribution in [-0.2, 0) is 6.42 Å². The summed E-state index contributed by atoms with van der Waals surface area (Å²) in [6.07, 6.45) is 6.78. The van der Waals surface area contributed by atoms with Crippen LogP contribution in [0.1, 0.15) is 37.7 Å². The minimum atomic E-state index is 0.478. The second kappa shape index (κ2) is 7.41. The fourth-order valence-corrected chi connectivity index (χ4v) is 4.67. The van der Waals surface area contributed by atoms with Gasteiger partial charge in [-0.2, -0.15) is 0 Å². The molecular weight excluding hydrogens is 339 g/mol. The number of nitrogens with two attached hydrogens (primary N) is 1. The van der Waals surface area contributed by atoms with Crippen LogP contribution < -0.4 is 5.73 Å². The molecule has 0 aromatic heterocycles. The molecule has 1 aromatic rings. The van der Waals surface area contributed by atoms with Gasteiger partial charge in [-0.25, -0.2) is 0 Å². The van der Waals surface area contributed by atoms with Gasteiger partial charge in [0.2, 0.25) is 0 Å². The number of nitrogens with zero attached hydrogens (tertiary/aromatic N) is 1. The highest BCUT2D eigenvalue weighted by atomic mass is 35.5. The number of hydrogen-bond donors (Lipinski definition) is 1. The van der Waals surface area contributed by atoms with Gasteiger partial charge in [-0.15, -0.1) is 0 Å². The average Bonchev–Trinajstić information content (AvgIpc) is 2.91. The van der Waals surface area contributed by atoms with E-state index >= 15 is 0 Å². The Labute approximate surface area is 155 Å². The molecule has 1 saturated heterocycles. The standard InChI is InChI=1S/C20H26Cl2N2/c1-13(23)15-4-7-19(8-5-15)24-10-9-16(14(24)2)11-17-3-6-18(21)12-20(17)22/h3,6,12,15-16,19H,1-2,4-5,7-11,23H2. The van der Waals surface area contributed by atoms with Crippen LogP contribution in [0.3, 0.4) is 0 Å². The van der Waals surface area contributed by atoms with Gasteiger partial charge >= 0.3 is 0 Å². The number of allylic oxidation sites excluding steroid dienone is 2. The molecular formula is C20H26Cl2N2. The van der Waals surface area contributed by atoms with E-state index < -0.39 is 0 Å². The lowest BCUT2D eigenvalue weighted by Gasteiger charge is -2.37. The smallest absolute Gasteiger partial charge is 0.0453 e. The average molecular weight is 365 g/mol. The van der Waals surface area contributed by atoms with Crippen molar-refractivity contribution >= 4 is 23.2 Å². The summed E-state index contributed by atoms with van der Waals surface area (Å²) in [6, 6.07) is 6.39. The molecule has 2 nitrogen and oxygen atoms in total. The van der Waals surface area contributed by atoms with E-state index in [0.717, 1.165) is 48.5 Å². The molecule has 0 bridgehead atoms. The Morgan fingerprint density at radius 2 is 1.88 bits per heavy atom. The van der Waals surface area contributed by atoms with Crippen LogP contribution in [0.5, 0.6) is 0 Å². The number of likely N-dealkylation sites (tertiary alicyclic amines) is 1. The molecule has 4 heteroatoms. The van der Waals surface area contributed by atoms with Gasteiger partial charge in [-0.05, 0) is 62.1 Å². The van der Waals surface area contributed by atoms with Crippen LogP contribution in [0.15, 0.2) is 42.8 Å². The molecule has 1 heterocycles. The predicted molar refractivity (Wildman–Crippen MR) is 103 cm³/mol. The van der Waals surface area contributed by atoms with Crippen LogP contribution in [0.4, 0.5) is 0 Å². The van der Waals surface area contributed by atoms with Crippen molar-refractivity contribution in [2.75, 3.05) is 6.54 Å². The maximum absolute atomic E-state index is 6.34. The normalized spacial score (nSPS) is 27.5. The zero-order valence-electron chi connectivity index (χ0n) is 14.1. The van der Waals surface area contributed by atoms with Crippen LogP contribution in [0, 0.1) is 11.8 Å². The van der Waals surface area contributed by atoms with Crippen molar-refractivity contribution in [3.8, 4) is 0 Å². The van der Waals surface area contributed by atoms with E-state index in [9.17, 15) is 0 Å². The van der Waals surface area contributed by atoms with Crippen LogP contribution >= 0.6 is 23.2 Å². The second-order valence-electron chi connectivity index (χ2n) is 7.19. The molecule has 0 spiro atoms. The van der Waals surface area contributed by atoms with Gasteiger partial charge in [0.05, 0.1) is 0 Å². The van der Waals surface area contributed by atoms with E-state index in [1.807, 2.05) is 18.2 Å². The highest BCUT2D eigenvalue weighted by Crippen LogP contribution is 2.38. The molecule has 1 aliphatic carbocycles. The lowest BCUT2D eigenvalue weighted by molar-refractivity contribution is 0.200. The quantitative estimate of drug-likeness (QED) is 0.774. The molecule has 0 amide bonds. The first kappa shape index (κ1) is 17.7.